The van der Waals surface area contributed by atoms with E-state index in [4.69, 9.17) is 27.9 Å². The van der Waals surface area contributed by atoms with E-state index in [0.717, 1.165) is 28.2 Å². The van der Waals surface area contributed by atoms with Crippen LogP contribution in [0, 0.1) is 0 Å². The maximum absolute atomic E-state index is 12.7. The fourth-order valence-corrected chi connectivity index (χ4v) is 4.10. The number of ether oxygens (including phenoxy) is 1. The van der Waals surface area contributed by atoms with E-state index in [9.17, 15) is 4.79 Å². The number of hydrogen-bond donors (Lipinski definition) is 3. The number of fused-ring (bicyclic) bond motifs is 1. The van der Waals surface area contributed by atoms with Gasteiger partial charge in [0.25, 0.3) is 0 Å². The zero-order chi connectivity index (χ0) is 20.0. The van der Waals surface area contributed by atoms with E-state index in [2.05, 4.69) is 20.8 Å². The average molecular weight is 427 g/mol. The highest BCUT2D eigenvalue weighted by molar-refractivity contribution is 6.42. The van der Waals surface area contributed by atoms with Crippen LogP contribution >= 0.6 is 23.2 Å². The largest absolute Gasteiger partial charge is 0.457 e. The smallest absolute Gasteiger partial charge is 0.175 e. The van der Waals surface area contributed by atoms with Crippen molar-refractivity contribution < 1.29 is 9.53 Å². The molecule has 1 aromatic heterocycles. The van der Waals surface area contributed by atoms with Crippen molar-refractivity contribution in [3.63, 3.8) is 0 Å². The van der Waals surface area contributed by atoms with Crippen molar-refractivity contribution in [1.29, 1.82) is 0 Å². The zero-order valence-electron chi connectivity index (χ0n) is 15.1. The summed E-state index contributed by atoms with van der Waals surface area (Å²) in [7, 11) is 0. The minimum atomic E-state index is -0.216. The van der Waals surface area contributed by atoms with Gasteiger partial charge in [0.15, 0.2) is 5.78 Å². The molecule has 29 heavy (non-hydrogen) atoms. The Morgan fingerprint density at radius 1 is 1.03 bits per heavy atom. The molecule has 0 aliphatic carbocycles. The van der Waals surface area contributed by atoms with Crippen LogP contribution in [0.3, 0.4) is 0 Å². The van der Waals surface area contributed by atoms with Gasteiger partial charge < -0.3 is 15.4 Å². The van der Waals surface area contributed by atoms with Gasteiger partial charge in [-0.2, -0.15) is 5.10 Å². The van der Waals surface area contributed by atoms with Gasteiger partial charge in [0.05, 0.1) is 22.8 Å². The van der Waals surface area contributed by atoms with Gasteiger partial charge in [0, 0.05) is 35.4 Å². The lowest BCUT2D eigenvalue weighted by Gasteiger charge is -2.32. The van der Waals surface area contributed by atoms with Crippen LogP contribution in [-0.2, 0) is 4.79 Å². The number of aromatic amines is 1. The number of halogens is 2. The van der Waals surface area contributed by atoms with Crippen molar-refractivity contribution in [2.45, 2.75) is 5.92 Å². The fourth-order valence-electron chi connectivity index (χ4n) is 3.81. The molecule has 0 bridgehead atoms. The first kappa shape index (κ1) is 18.2. The highest BCUT2D eigenvalue weighted by Crippen LogP contribution is 2.42. The first-order valence-electron chi connectivity index (χ1n) is 9.10. The van der Waals surface area contributed by atoms with Crippen molar-refractivity contribution in [3.8, 4) is 11.5 Å². The van der Waals surface area contributed by atoms with E-state index >= 15 is 0 Å². The van der Waals surface area contributed by atoms with Crippen LogP contribution in [0.25, 0.3) is 0 Å². The number of Topliss-reactive ketones (excluding diaryl/α,β-unsaturated/α-hetero) is 1. The molecule has 0 radical (unpaired) electrons. The molecular weight excluding hydrogens is 411 g/mol. The maximum Gasteiger partial charge on any atom is 0.175 e. The summed E-state index contributed by atoms with van der Waals surface area (Å²) in [5, 5.41) is 14.5. The highest BCUT2D eigenvalue weighted by atomic mass is 35.5. The Balaban J connectivity index is 1.55. The summed E-state index contributed by atoms with van der Waals surface area (Å²) < 4.78 is 5.98. The van der Waals surface area contributed by atoms with Crippen LogP contribution in [0.4, 0.5) is 5.82 Å². The van der Waals surface area contributed by atoms with Gasteiger partial charge >= 0.3 is 0 Å². The van der Waals surface area contributed by atoms with Gasteiger partial charge in [-0.1, -0.05) is 35.3 Å². The fraction of sp³-hybridized carbons (Fsp3) is 0.143. The van der Waals surface area contributed by atoms with Crippen LogP contribution in [0.5, 0.6) is 11.5 Å². The molecule has 2 aliphatic rings. The van der Waals surface area contributed by atoms with E-state index in [1.54, 1.807) is 24.4 Å². The molecule has 6 nitrogen and oxygen atoms in total. The third-order valence-corrected chi connectivity index (χ3v) is 5.81. The molecule has 2 aliphatic heterocycles. The van der Waals surface area contributed by atoms with Gasteiger partial charge in [0.1, 0.15) is 17.3 Å². The minimum absolute atomic E-state index is 0.0754. The van der Waals surface area contributed by atoms with Gasteiger partial charge in [-0.15, -0.1) is 0 Å². The molecule has 3 heterocycles. The number of carbonyl (C=O) groups excluding carboxylic acids is 1. The Hall–Kier alpha value is -2.80. The average Bonchev–Trinajstić information content (AvgIpc) is 3.18. The summed E-state index contributed by atoms with van der Waals surface area (Å²) >= 11 is 12.1. The molecule has 3 N–H and O–H groups in total. The van der Waals surface area contributed by atoms with E-state index in [0.29, 0.717) is 34.6 Å². The molecule has 2 aromatic carbocycles. The van der Waals surface area contributed by atoms with Gasteiger partial charge in [-0.05, 0) is 29.8 Å². The molecule has 0 fully saturated rings. The second kappa shape index (κ2) is 7.22. The number of benzene rings is 2. The number of anilines is 1. The number of hydrogen-bond acceptors (Lipinski definition) is 5. The van der Waals surface area contributed by atoms with Crippen molar-refractivity contribution >= 4 is 34.8 Å². The molecule has 1 unspecified atom stereocenters. The standard InChI is InChI=1S/C21H16Cl2N4O2/c22-15-5-4-13(7-16(15)23)29-12-3-1-2-11(6-12)19-14-8-25-27-21(14)26-17-9-24-10-18(28)20(17)19/h1-8,19,24H,9-10H2,(H2,25,26,27). The number of rotatable bonds is 3. The summed E-state index contributed by atoms with van der Waals surface area (Å²) in [4.78, 5) is 12.7. The third-order valence-electron chi connectivity index (χ3n) is 5.08. The normalized spacial score (nSPS) is 18.1. The number of nitrogens with zero attached hydrogens (tertiary/aromatic N) is 1. The number of carbonyl (C=O) groups is 1. The van der Waals surface area contributed by atoms with Crippen LogP contribution in [0.1, 0.15) is 17.0 Å². The lowest BCUT2D eigenvalue weighted by molar-refractivity contribution is -0.115. The quantitative estimate of drug-likeness (QED) is 0.574. The zero-order valence-corrected chi connectivity index (χ0v) is 16.6. The van der Waals surface area contributed by atoms with Gasteiger partial charge in [-0.25, -0.2) is 0 Å². The Morgan fingerprint density at radius 2 is 1.90 bits per heavy atom. The summed E-state index contributed by atoms with van der Waals surface area (Å²) in [5.74, 6) is 1.90. The van der Waals surface area contributed by atoms with E-state index in [1.807, 2.05) is 24.3 Å². The summed E-state index contributed by atoms with van der Waals surface area (Å²) in [6.45, 7) is 0.930. The summed E-state index contributed by atoms with van der Waals surface area (Å²) in [5.41, 5.74) is 3.53. The molecule has 146 valence electrons. The molecule has 5 rings (SSSR count). The monoisotopic (exact) mass is 426 g/mol. The first-order valence-corrected chi connectivity index (χ1v) is 9.86. The number of nitrogens with one attached hydrogen (secondary N) is 3. The number of ketones is 1. The Kier molecular flexibility index (Phi) is 4.54. The third kappa shape index (κ3) is 3.29. The molecule has 0 amide bonds. The molecule has 0 spiro atoms. The highest BCUT2D eigenvalue weighted by Gasteiger charge is 2.36. The summed E-state index contributed by atoms with van der Waals surface area (Å²) in [6, 6.07) is 12.8. The predicted octanol–water partition coefficient (Wildman–Crippen LogP) is 4.49. The van der Waals surface area contributed by atoms with Crippen molar-refractivity contribution in [3.05, 3.63) is 81.1 Å². The molecule has 0 saturated carbocycles. The molecule has 1 atom stereocenters. The summed E-state index contributed by atoms with van der Waals surface area (Å²) in [6.07, 6.45) is 1.76. The second-order valence-corrected chi connectivity index (χ2v) is 7.74. The van der Waals surface area contributed by atoms with Crippen LogP contribution < -0.4 is 15.4 Å². The van der Waals surface area contributed by atoms with Crippen molar-refractivity contribution in [1.82, 2.24) is 15.5 Å². The molecule has 0 saturated heterocycles. The predicted molar refractivity (Wildman–Crippen MR) is 112 cm³/mol. The van der Waals surface area contributed by atoms with Crippen LogP contribution in [-0.4, -0.2) is 29.1 Å². The Bertz CT molecular complexity index is 1160. The topological polar surface area (TPSA) is 79.0 Å². The van der Waals surface area contributed by atoms with Crippen LogP contribution in [0.15, 0.2) is 59.9 Å². The Labute approximate surface area is 176 Å². The molecule has 3 aromatic rings. The molecule has 8 heteroatoms. The molecular formula is C21H16Cl2N4O2. The lowest BCUT2D eigenvalue weighted by Crippen LogP contribution is -2.39. The minimum Gasteiger partial charge on any atom is -0.457 e. The van der Waals surface area contributed by atoms with Crippen LogP contribution in [0.2, 0.25) is 10.0 Å². The SMILES string of the molecule is O=C1CNCC2=C1C(c1cccc(Oc3ccc(Cl)c(Cl)c3)c1)c1cn[nH]c1N2. The van der Waals surface area contributed by atoms with E-state index in [-0.39, 0.29) is 11.7 Å². The van der Waals surface area contributed by atoms with Crippen molar-refractivity contribution in [2.24, 2.45) is 0 Å². The Morgan fingerprint density at radius 3 is 2.76 bits per heavy atom. The van der Waals surface area contributed by atoms with Gasteiger partial charge in [-0.3, -0.25) is 9.89 Å². The van der Waals surface area contributed by atoms with E-state index < -0.39 is 0 Å². The van der Waals surface area contributed by atoms with E-state index in [1.165, 1.54) is 0 Å². The van der Waals surface area contributed by atoms with Gasteiger partial charge in [0.2, 0.25) is 0 Å². The van der Waals surface area contributed by atoms with Crippen molar-refractivity contribution in [2.75, 3.05) is 18.4 Å². The maximum atomic E-state index is 12.7. The lowest BCUT2D eigenvalue weighted by atomic mass is 9.79. The number of H-pyrrole nitrogens is 1. The first-order chi connectivity index (χ1) is 14.1. The number of aromatic nitrogens is 2. The second-order valence-electron chi connectivity index (χ2n) is 6.93.